The Bertz CT molecular complexity index is 780. The lowest BCUT2D eigenvalue weighted by Crippen LogP contribution is -2.32. The Labute approximate surface area is 156 Å². The summed E-state index contributed by atoms with van der Waals surface area (Å²) in [6, 6.07) is 15.2. The zero-order valence-corrected chi connectivity index (χ0v) is 14.9. The van der Waals surface area contributed by atoms with E-state index in [0.29, 0.717) is 23.5 Å². The molecule has 0 aliphatic rings. The summed E-state index contributed by atoms with van der Waals surface area (Å²) in [7, 11) is 1.51. The molecular formula is C19H21N3O5. The molecule has 0 unspecified atom stereocenters. The molecule has 0 saturated carbocycles. The van der Waals surface area contributed by atoms with Crippen molar-refractivity contribution < 1.29 is 23.9 Å². The number of hydrogen-bond donors (Lipinski definition) is 3. The number of hydrogen-bond acceptors (Lipinski definition) is 5. The predicted molar refractivity (Wildman–Crippen MR) is 101 cm³/mol. The van der Waals surface area contributed by atoms with Gasteiger partial charge in [-0.25, -0.2) is 4.79 Å². The molecule has 3 amide bonds. The van der Waals surface area contributed by atoms with Gasteiger partial charge in [-0.2, -0.15) is 0 Å². The van der Waals surface area contributed by atoms with Crippen LogP contribution in [0.1, 0.15) is 10.4 Å². The molecule has 2 aromatic carbocycles. The first-order valence-electron chi connectivity index (χ1n) is 8.24. The van der Waals surface area contributed by atoms with Crippen LogP contribution >= 0.6 is 0 Å². The molecule has 0 saturated heterocycles. The van der Waals surface area contributed by atoms with Gasteiger partial charge in [-0.3, -0.25) is 14.9 Å². The third-order valence-corrected chi connectivity index (χ3v) is 3.36. The summed E-state index contributed by atoms with van der Waals surface area (Å²) >= 11 is 0. The number of rotatable bonds is 8. The Morgan fingerprint density at radius 3 is 2.30 bits per heavy atom. The monoisotopic (exact) mass is 371 g/mol. The summed E-state index contributed by atoms with van der Waals surface area (Å²) in [5.41, 5.74) is 1.41. The van der Waals surface area contributed by atoms with Crippen molar-refractivity contribution >= 4 is 29.3 Å². The van der Waals surface area contributed by atoms with E-state index in [-0.39, 0.29) is 25.0 Å². The van der Waals surface area contributed by atoms with E-state index in [0.717, 1.165) is 0 Å². The summed E-state index contributed by atoms with van der Waals surface area (Å²) in [6.07, 6.45) is -0.620. The molecule has 0 heterocycles. The van der Waals surface area contributed by atoms with E-state index in [1.165, 1.54) is 7.11 Å². The minimum Gasteiger partial charge on any atom is -0.447 e. The Balaban J connectivity index is 1.81. The molecular weight excluding hydrogens is 350 g/mol. The molecule has 0 atom stereocenters. The molecule has 0 aliphatic heterocycles. The van der Waals surface area contributed by atoms with E-state index in [2.05, 4.69) is 16.0 Å². The highest BCUT2D eigenvalue weighted by Crippen LogP contribution is 2.15. The van der Waals surface area contributed by atoms with Gasteiger partial charge in [0.1, 0.15) is 6.61 Å². The molecule has 8 nitrogen and oxygen atoms in total. The minimum absolute atomic E-state index is 0.139. The van der Waals surface area contributed by atoms with Crippen LogP contribution in [0.5, 0.6) is 0 Å². The molecule has 0 radical (unpaired) electrons. The fourth-order valence-corrected chi connectivity index (χ4v) is 2.10. The normalized spacial score (nSPS) is 9.96. The Hall–Kier alpha value is -3.39. The molecule has 0 fully saturated rings. The van der Waals surface area contributed by atoms with E-state index < -0.39 is 6.09 Å². The standard InChI is InChI=1S/C19H21N3O5/c1-26-10-11-27-19(25)22-16-9-5-8-15(12-16)21-17(23)13-20-18(24)14-6-3-2-4-7-14/h2-9,12H,10-11,13H2,1H3,(H,20,24)(H,21,23)(H,22,25). The summed E-state index contributed by atoms with van der Waals surface area (Å²) in [4.78, 5) is 35.5. The second kappa shape index (κ2) is 10.6. The van der Waals surface area contributed by atoms with E-state index in [4.69, 9.17) is 9.47 Å². The number of ether oxygens (including phenoxy) is 2. The highest BCUT2D eigenvalue weighted by atomic mass is 16.6. The lowest BCUT2D eigenvalue weighted by atomic mass is 10.2. The Morgan fingerprint density at radius 1 is 0.889 bits per heavy atom. The number of nitrogens with one attached hydrogen (secondary N) is 3. The highest BCUT2D eigenvalue weighted by molar-refractivity contribution is 5.99. The fourth-order valence-electron chi connectivity index (χ4n) is 2.10. The second-order valence-corrected chi connectivity index (χ2v) is 5.43. The number of methoxy groups -OCH3 is 1. The molecule has 0 bridgehead atoms. The van der Waals surface area contributed by atoms with E-state index in [1.54, 1.807) is 54.6 Å². The lowest BCUT2D eigenvalue weighted by molar-refractivity contribution is -0.115. The first kappa shape index (κ1) is 19.9. The van der Waals surface area contributed by atoms with Crippen LogP contribution in [-0.4, -0.2) is 44.8 Å². The molecule has 0 aromatic heterocycles. The number of anilines is 2. The molecule has 2 aromatic rings. The molecule has 3 N–H and O–H groups in total. The van der Waals surface area contributed by atoms with Gasteiger partial charge in [0, 0.05) is 24.0 Å². The molecule has 0 spiro atoms. The maximum absolute atomic E-state index is 12.0. The van der Waals surface area contributed by atoms with Gasteiger partial charge < -0.3 is 20.1 Å². The maximum atomic E-state index is 12.0. The molecule has 2 rings (SSSR count). The third kappa shape index (κ3) is 7.17. The first-order chi connectivity index (χ1) is 13.1. The largest absolute Gasteiger partial charge is 0.447 e. The predicted octanol–water partition coefficient (Wildman–Crippen LogP) is 2.25. The fraction of sp³-hybridized carbons (Fsp3) is 0.211. The van der Waals surface area contributed by atoms with Crippen molar-refractivity contribution in [2.24, 2.45) is 0 Å². The lowest BCUT2D eigenvalue weighted by Gasteiger charge is -2.10. The quantitative estimate of drug-likeness (QED) is 0.617. The summed E-state index contributed by atoms with van der Waals surface area (Å²) in [6.45, 7) is 0.266. The van der Waals surface area contributed by atoms with E-state index in [1.807, 2.05) is 0 Å². The average Bonchev–Trinajstić information content (AvgIpc) is 2.67. The van der Waals surface area contributed by atoms with Crippen LogP contribution < -0.4 is 16.0 Å². The van der Waals surface area contributed by atoms with Crippen LogP contribution in [0.4, 0.5) is 16.2 Å². The Morgan fingerprint density at radius 2 is 1.59 bits per heavy atom. The number of benzene rings is 2. The zero-order chi connectivity index (χ0) is 19.5. The van der Waals surface area contributed by atoms with Crippen LogP contribution in [0, 0.1) is 0 Å². The SMILES string of the molecule is COCCOC(=O)Nc1cccc(NC(=O)CNC(=O)c2ccccc2)c1. The third-order valence-electron chi connectivity index (χ3n) is 3.36. The van der Waals surface area contributed by atoms with Crippen molar-refractivity contribution in [1.82, 2.24) is 5.32 Å². The molecule has 142 valence electrons. The Kier molecular flexibility index (Phi) is 7.80. The van der Waals surface area contributed by atoms with Gasteiger partial charge in [0.15, 0.2) is 0 Å². The minimum atomic E-state index is -0.620. The van der Waals surface area contributed by atoms with Crippen molar-refractivity contribution in [3.8, 4) is 0 Å². The van der Waals surface area contributed by atoms with E-state index in [9.17, 15) is 14.4 Å². The van der Waals surface area contributed by atoms with Crippen LogP contribution in [0.3, 0.4) is 0 Å². The van der Waals surface area contributed by atoms with Crippen LogP contribution in [0.25, 0.3) is 0 Å². The van der Waals surface area contributed by atoms with Crippen molar-refractivity contribution in [1.29, 1.82) is 0 Å². The van der Waals surface area contributed by atoms with Gasteiger partial charge in [0.05, 0.1) is 13.2 Å². The molecule has 8 heteroatoms. The zero-order valence-electron chi connectivity index (χ0n) is 14.9. The number of amides is 3. The van der Waals surface area contributed by atoms with Crippen molar-refractivity contribution in [2.45, 2.75) is 0 Å². The van der Waals surface area contributed by atoms with Crippen LogP contribution in [0.15, 0.2) is 54.6 Å². The second-order valence-electron chi connectivity index (χ2n) is 5.43. The van der Waals surface area contributed by atoms with Gasteiger partial charge in [-0.05, 0) is 30.3 Å². The number of carbonyl (C=O) groups excluding carboxylic acids is 3. The van der Waals surface area contributed by atoms with Crippen LogP contribution in [-0.2, 0) is 14.3 Å². The van der Waals surface area contributed by atoms with Gasteiger partial charge >= 0.3 is 6.09 Å². The van der Waals surface area contributed by atoms with Gasteiger partial charge in [0.25, 0.3) is 5.91 Å². The highest BCUT2D eigenvalue weighted by Gasteiger charge is 2.09. The summed E-state index contributed by atoms with van der Waals surface area (Å²) in [5.74, 6) is -0.723. The summed E-state index contributed by atoms with van der Waals surface area (Å²) in [5, 5.41) is 7.74. The maximum Gasteiger partial charge on any atom is 0.411 e. The van der Waals surface area contributed by atoms with E-state index >= 15 is 0 Å². The molecule has 27 heavy (non-hydrogen) atoms. The average molecular weight is 371 g/mol. The van der Waals surface area contributed by atoms with Crippen molar-refractivity contribution in [2.75, 3.05) is 37.5 Å². The summed E-state index contributed by atoms with van der Waals surface area (Å²) < 4.78 is 9.70. The smallest absolute Gasteiger partial charge is 0.411 e. The van der Waals surface area contributed by atoms with Gasteiger partial charge in [-0.1, -0.05) is 24.3 Å². The van der Waals surface area contributed by atoms with Gasteiger partial charge in [0.2, 0.25) is 5.91 Å². The van der Waals surface area contributed by atoms with Crippen LogP contribution in [0.2, 0.25) is 0 Å². The van der Waals surface area contributed by atoms with Crippen molar-refractivity contribution in [3.05, 3.63) is 60.2 Å². The van der Waals surface area contributed by atoms with Gasteiger partial charge in [-0.15, -0.1) is 0 Å². The number of carbonyl (C=O) groups is 3. The topological polar surface area (TPSA) is 106 Å². The molecule has 0 aliphatic carbocycles. The van der Waals surface area contributed by atoms with Crippen molar-refractivity contribution in [3.63, 3.8) is 0 Å². The first-order valence-corrected chi connectivity index (χ1v) is 8.24.